The summed E-state index contributed by atoms with van der Waals surface area (Å²) < 4.78 is 5.25. The van der Waals surface area contributed by atoms with Crippen LogP contribution in [-0.2, 0) is 9.53 Å². The van der Waals surface area contributed by atoms with E-state index in [1.165, 1.54) is 16.7 Å². The third-order valence-corrected chi connectivity index (χ3v) is 4.23. The third kappa shape index (κ3) is 2.71. The number of benzene rings is 2. The van der Waals surface area contributed by atoms with Crippen LogP contribution in [0.5, 0.6) is 0 Å². The Kier molecular flexibility index (Phi) is 3.78. The van der Waals surface area contributed by atoms with Crippen LogP contribution in [-0.4, -0.2) is 12.6 Å². The molecule has 3 rings (SSSR count). The number of rotatable bonds is 4. The molecule has 0 bridgehead atoms. The molecule has 2 aromatic rings. The fourth-order valence-corrected chi connectivity index (χ4v) is 3.14. The van der Waals surface area contributed by atoms with Crippen molar-refractivity contribution < 1.29 is 9.53 Å². The van der Waals surface area contributed by atoms with E-state index in [-0.39, 0.29) is 23.7 Å². The second kappa shape index (κ2) is 5.72. The number of hydrogen-bond acceptors (Lipinski definition) is 2. The van der Waals surface area contributed by atoms with Gasteiger partial charge in [-0.1, -0.05) is 60.2 Å². The molecular weight excluding hydrogens is 260 g/mol. The molecule has 1 aliphatic rings. The Morgan fingerprint density at radius 2 is 1.52 bits per heavy atom. The van der Waals surface area contributed by atoms with E-state index in [0.29, 0.717) is 6.61 Å². The number of aryl methyl sites for hydroxylation is 1. The third-order valence-electron chi connectivity index (χ3n) is 4.23. The zero-order valence-corrected chi connectivity index (χ0v) is 12.5. The van der Waals surface area contributed by atoms with Crippen LogP contribution in [0.4, 0.5) is 0 Å². The Balaban J connectivity index is 1.89. The van der Waals surface area contributed by atoms with Crippen LogP contribution in [0, 0.1) is 12.8 Å². The van der Waals surface area contributed by atoms with E-state index in [1.807, 2.05) is 25.1 Å². The lowest BCUT2D eigenvalue weighted by Crippen LogP contribution is -2.08. The molecule has 2 heteroatoms. The van der Waals surface area contributed by atoms with Crippen molar-refractivity contribution in [1.29, 1.82) is 0 Å². The van der Waals surface area contributed by atoms with Crippen LogP contribution < -0.4 is 0 Å². The number of hydrogen-bond donors (Lipinski definition) is 0. The van der Waals surface area contributed by atoms with Crippen molar-refractivity contribution in [2.24, 2.45) is 5.92 Å². The van der Waals surface area contributed by atoms with Crippen LogP contribution in [0.1, 0.15) is 35.4 Å². The summed E-state index contributed by atoms with van der Waals surface area (Å²) in [5.74, 6) is 0.368. The highest BCUT2D eigenvalue weighted by molar-refractivity contribution is 5.80. The van der Waals surface area contributed by atoms with E-state index < -0.39 is 0 Å². The fourth-order valence-electron chi connectivity index (χ4n) is 3.14. The first-order valence-corrected chi connectivity index (χ1v) is 7.50. The van der Waals surface area contributed by atoms with Gasteiger partial charge in [-0.05, 0) is 25.0 Å². The molecule has 0 radical (unpaired) electrons. The lowest BCUT2D eigenvalue weighted by molar-refractivity contribution is -0.144. The molecule has 0 saturated heterocycles. The summed E-state index contributed by atoms with van der Waals surface area (Å²) >= 11 is 0. The van der Waals surface area contributed by atoms with Gasteiger partial charge < -0.3 is 4.74 Å². The lowest BCUT2D eigenvalue weighted by atomic mass is 10.0. The van der Waals surface area contributed by atoms with Crippen LogP contribution in [0.2, 0.25) is 0 Å². The number of carbonyl (C=O) groups excluding carboxylic acids is 1. The van der Waals surface area contributed by atoms with Gasteiger partial charge in [0.1, 0.15) is 0 Å². The van der Waals surface area contributed by atoms with E-state index in [1.54, 1.807) is 0 Å². The standard InChI is InChI=1S/C19H20O2/c1-3-21-19(20)18-16(14-7-5-4-6-8-14)17(18)15-11-9-13(2)10-12-15/h4-12,16-18H,3H2,1-2H3/t16-,17-,18?/m0/s1. The van der Waals surface area contributed by atoms with Crippen molar-refractivity contribution in [3.8, 4) is 0 Å². The van der Waals surface area contributed by atoms with E-state index in [0.717, 1.165) is 0 Å². The van der Waals surface area contributed by atoms with Crippen molar-refractivity contribution in [1.82, 2.24) is 0 Å². The van der Waals surface area contributed by atoms with Gasteiger partial charge in [0.15, 0.2) is 0 Å². The number of ether oxygens (including phenoxy) is 1. The molecule has 0 N–H and O–H groups in total. The molecule has 0 amide bonds. The first-order valence-electron chi connectivity index (χ1n) is 7.50. The van der Waals surface area contributed by atoms with Gasteiger partial charge in [0.2, 0.25) is 0 Å². The van der Waals surface area contributed by atoms with Gasteiger partial charge in [-0.15, -0.1) is 0 Å². The molecule has 1 aliphatic carbocycles. The molecule has 1 fully saturated rings. The minimum atomic E-state index is -0.0723. The molecule has 0 spiro atoms. The summed E-state index contributed by atoms with van der Waals surface area (Å²) in [6.45, 7) is 4.38. The van der Waals surface area contributed by atoms with Gasteiger partial charge in [-0.25, -0.2) is 0 Å². The van der Waals surface area contributed by atoms with Crippen LogP contribution in [0.3, 0.4) is 0 Å². The van der Waals surface area contributed by atoms with Crippen LogP contribution in [0.25, 0.3) is 0 Å². The molecule has 2 nitrogen and oxygen atoms in total. The summed E-state index contributed by atoms with van der Waals surface area (Å²) in [5, 5.41) is 0. The Bertz CT molecular complexity index is 616. The molecule has 21 heavy (non-hydrogen) atoms. The van der Waals surface area contributed by atoms with E-state index in [2.05, 4.69) is 43.3 Å². The van der Waals surface area contributed by atoms with Crippen molar-refractivity contribution >= 4 is 5.97 Å². The highest BCUT2D eigenvalue weighted by Crippen LogP contribution is 2.60. The lowest BCUT2D eigenvalue weighted by Gasteiger charge is -2.01. The number of esters is 1. The quantitative estimate of drug-likeness (QED) is 0.790. The second-order valence-electron chi connectivity index (χ2n) is 5.65. The maximum Gasteiger partial charge on any atom is 0.310 e. The smallest absolute Gasteiger partial charge is 0.310 e. The summed E-state index contributed by atoms with van der Waals surface area (Å²) in [6, 6.07) is 18.8. The largest absolute Gasteiger partial charge is 0.466 e. The summed E-state index contributed by atoms with van der Waals surface area (Å²) in [4.78, 5) is 12.2. The minimum absolute atomic E-state index is 0.0462. The zero-order valence-electron chi connectivity index (χ0n) is 12.5. The first kappa shape index (κ1) is 13.9. The Morgan fingerprint density at radius 3 is 2.10 bits per heavy atom. The molecule has 108 valence electrons. The topological polar surface area (TPSA) is 26.3 Å². The normalized spacial score (nSPS) is 23.6. The molecule has 1 unspecified atom stereocenters. The predicted molar refractivity (Wildman–Crippen MR) is 83.2 cm³/mol. The van der Waals surface area contributed by atoms with E-state index in [9.17, 15) is 4.79 Å². The van der Waals surface area contributed by atoms with Gasteiger partial charge in [0.05, 0.1) is 12.5 Å². The van der Waals surface area contributed by atoms with Gasteiger partial charge in [-0.3, -0.25) is 4.79 Å². The molecule has 3 atom stereocenters. The average molecular weight is 280 g/mol. The highest BCUT2D eigenvalue weighted by Gasteiger charge is 2.56. The van der Waals surface area contributed by atoms with E-state index >= 15 is 0 Å². The van der Waals surface area contributed by atoms with E-state index in [4.69, 9.17) is 4.74 Å². The Hall–Kier alpha value is -2.09. The first-order chi connectivity index (χ1) is 10.2. The molecule has 0 aromatic heterocycles. The van der Waals surface area contributed by atoms with Crippen molar-refractivity contribution in [3.63, 3.8) is 0 Å². The van der Waals surface area contributed by atoms with Gasteiger partial charge in [0, 0.05) is 11.8 Å². The summed E-state index contributed by atoms with van der Waals surface area (Å²) in [7, 11) is 0. The Labute approximate surface area is 125 Å². The fraction of sp³-hybridized carbons (Fsp3) is 0.316. The summed E-state index contributed by atoms with van der Waals surface area (Å²) in [6.07, 6.45) is 0. The second-order valence-corrected chi connectivity index (χ2v) is 5.65. The zero-order chi connectivity index (χ0) is 14.8. The van der Waals surface area contributed by atoms with Crippen molar-refractivity contribution in [2.75, 3.05) is 6.61 Å². The molecule has 2 aromatic carbocycles. The van der Waals surface area contributed by atoms with Gasteiger partial charge in [-0.2, -0.15) is 0 Å². The highest BCUT2D eigenvalue weighted by atomic mass is 16.5. The average Bonchev–Trinajstić information content (AvgIpc) is 3.25. The van der Waals surface area contributed by atoms with Crippen molar-refractivity contribution in [2.45, 2.75) is 25.7 Å². The maximum atomic E-state index is 12.2. The monoisotopic (exact) mass is 280 g/mol. The summed E-state index contributed by atoms with van der Waals surface area (Å²) in [5.41, 5.74) is 3.69. The van der Waals surface area contributed by atoms with Crippen molar-refractivity contribution in [3.05, 3.63) is 71.3 Å². The molecular formula is C19H20O2. The van der Waals surface area contributed by atoms with Crippen LogP contribution >= 0.6 is 0 Å². The predicted octanol–water partition coefficient (Wildman–Crippen LogP) is 4.06. The SMILES string of the molecule is CCOC(=O)C1[C@@H](c2ccccc2)[C@@H]1c1ccc(C)cc1. The minimum Gasteiger partial charge on any atom is -0.466 e. The molecule has 1 saturated carbocycles. The molecule has 0 aliphatic heterocycles. The van der Waals surface area contributed by atoms with Crippen LogP contribution in [0.15, 0.2) is 54.6 Å². The molecule has 0 heterocycles. The Morgan fingerprint density at radius 1 is 0.952 bits per heavy atom. The number of carbonyl (C=O) groups is 1. The van der Waals surface area contributed by atoms with Gasteiger partial charge >= 0.3 is 5.97 Å². The van der Waals surface area contributed by atoms with Gasteiger partial charge in [0.25, 0.3) is 0 Å². The maximum absolute atomic E-state index is 12.2.